The van der Waals surface area contributed by atoms with Gasteiger partial charge < -0.3 is 5.11 Å². The lowest BCUT2D eigenvalue weighted by Gasteiger charge is -2.31. The molecule has 9 heavy (non-hydrogen) atoms. The molecule has 0 unspecified atom stereocenters. The van der Waals surface area contributed by atoms with E-state index in [1.165, 1.54) is 0 Å². The third kappa shape index (κ3) is 2.87. The Morgan fingerprint density at radius 3 is 1.56 bits per heavy atom. The average molecular weight is 325 g/mol. The average Bonchev–Trinajstić information content (AvgIpc) is 1.64. The molecular weight excluding hydrogens is 316 g/mol. The van der Waals surface area contributed by atoms with Gasteiger partial charge in [-0.2, -0.15) is 0 Å². The number of rotatable bonds is 1. The number of halogens is 3. The molecule has 0 aromatic carbocycles. The van der Waals surface area contributed by atoms with Gasteiger partial charge in [0.15, 0.2) is 0 Å². The minimum Gasteiger partial charge on any atom is -0.396 e. The molecule has 0 aliphatic heterocycles. The van der Waals surface area contributed by atoms with Crippen LogP contribution in [0.3, 0.4) is 0 Å². The second kappa shape index (κ2) is 3.20. The molecule has 0 bridgehead atoms. The topological polar surface area (TPSA) is 20.2 Å². The maximum Gasteiger partial charge on any atom is 0.142 e. The van der Waals surface area contributed by atoms with Crippen LogP contribution >= 0.6 is 47.8 Å². The minimum absolute atomic E-state index is 0.120. The first-order valence-electron chi connectivity index (χ1n) is 2.49. The van der Waals surface area contributed by atoms with Crippen LogP contribution in [0.5, 0.6) is 0 Å². The highest BCUT2D eigenvalue weighted by atomic mass is 80.0. The Labute approximate surface area is 80.6 Å². The molecule has 0 saturated heterocycles. The molecule has 0 fully saturated rings. The molecule has 0 aliphatic rings. The van der Waals surface area contributed by atoms with Crippen molar-refractivity contribution in [1.29, 1.82) is 0 Å². The fourth-order valence-electron chi connectivity index (χ4n) is 0.0896. The van der Waals surface area contributed by atoms with Gasteiger partial charge in [0.2, 0.25) is 0 Å². The van der Waals surface area contributed by atoms with Crippen LogP contribution in [0.2, 0.25) is 0 Å². The zero-order chi connectivity index (χ0) is 7.71. The summed E-state index contributed by atoms with van der Waals surface area (Å²) in [5.41, 5.74) is -0.215. The van der Waals surface area contributed by atoms with Gasteiger partial charge in [-0.25, -0.2) is 0 Å². The third-order valence-corrected chi connectivity index (χ3v) is 4.38. The van der Waals surface area contributed by atoms with Crippen molar-refractivity contribution in [2.45, 2.75) is 16.0 Å². The Balaban J connectivity index is 4.14. The molecular formula is C5H9Br3O. The maximum atomic E-state index is 8.84. The summed E-state index contributed by atoms with van der Waals surface area (Å²) in [5.74, 6) is 0. The monoisotopic (exact) mass is 322 g/mol. The van der Waals surface area contributed by atoms with E-state index in [0.29, 0.717) is 0 Å². The summed E-state index contributed by atoms with van der Waals surface area (Å²) in [7, 11) is 0. The molecule has 1 nitrogen and oxygen atoms in total. The van der Waals surface area contributed by atoms with Crippen molar-refractivity contribution in [2.75, 3.05) is 6.61 Å². The van der Waals surface area contributed by atoms with Gasteiger partial charge in [0.25, 0.3) is 0 Å². The smallest absolute Gasteiger partial charge is 0.142 e. The van der Waals surface area contributed by atoms with E-state index in [0.717, 1.165) is 0 Å². The largest absolute Gasteiger partial charge is 0.396 e. The van der Waals surface area contributed by atoms with Gasteiger partial charge >= 0.3 is 0 Å². The van der Waals surface area contributed by atoms with Crippen LogP contribution in [0.1, 0.15) is 13.8 Å². The van der Waals surface area contributed by atoms with Crippen molar-refractivity contribution >= 4 is 47.8 Å². The number of aliphatic hydroxyl groups excluding tert-OH is 1. The Morgan fingerprint density at radius 2 is 1.56 bits per heavy atom. The van der Waals surface area contributed by atoms with Gasteiger partial charge in [-0.05, 0) is 0 Å². The Bertz CT molecular complexity index is 94.9. The highest BCUT2D eigenvalue weighted by Crippen LogP contribution is 2.48. The standard InChI is InChI=1S/C5H9Br3O/c1-4(2,3-9)5(6,7)8/h9H,3H2,1-2H3. The molecule has 4 heteroatoms. The van der Waals surface area contributed by atoms with Crippen LogP contribution < -0.4 is 0 Å². The molecule has 0 aliphatic carbocycles. The van der Waals surface area contributed by atoms with Crippen molar-refractivity contribution in [1.82, 2.24) is 0 Å². The van der Waals surface area contributed by atoms with Gasteiger partial charge in [0.1, 0.15) is 2.14 Å². The molecule has 0 aromatic rings. The van der Waals surface area contributed by atoms with Crippen LogP contribution in [0.15, 0.2) is 0 Å². The van der Waals surface area contributed by atoms with Gasteiger partial charge in [-0.15, -0.1) is 0 Å². The normalized spacial score (nSPS) is 14.0. The molecule has 0 saturated carbocycles. The second-order valence-electron chi connectivity index (χ2n) is 2.54. The predicted molar refractivity (Wildman–Crippen MR) is 50.4 cm³/mol. The second-order valence-corrected chi connectivity index (χ2v) is 9.30. The summed E-state index contributed by atoms with van der Waals surface area (Å²) in [6.07, 6.45) is 0. The summed E-state index contributed by atoms with van der Waals surface area (Å²) >= 11 is 10.0. The lowest BCUT2D eigenvalue weighted by molar-refractivity contribution is 0.172. The van der Waals surface area contributed by atoms with Gasteiger partial charge in [-0.1, -0.05) is 61.6 Å². The van der Waals surface area contributed by atoms with Crippen molar-refractivity contribution in [3.63, 3.8) is 0 Å². The van der Waals surface area contributed by atoms with E-state index in [-0.39, 0.29) is 14.2 Å². The van der Waals surface area contributed by atoms with Gasteiger partial charge in [-0.3, -0.25) is 0 Å². The molecule has 0 radical (unpaired) electrons. The number of alkyl halides is 3. The molecule has 0 spiro atoms. The van der Waals surface area contributed by atoms with Crippen molar-refractivity contribution in [2.24, 2.45) is 5.41 Å². The van der Waals surface area contributed by atoms with Gasteiger partial charge in [0, 0.05) is 5.41 Å². The predicted octanol–water partition coefficient (Wildman–Crippen LogP) is 2.84. The first kappa shape index (κ1) is 10.4. The van der Waals surface area contributed by atoms with Crippen LogP contribution in [0.25, 0.3) is 0 Å². The highest BCUT2D eigenvalue weighted by Gasteiger charge is 2.37. The van der Waals surface area contributed by atoms with E-state index < -0.39 is 0 Å². The molecule has 0 heterocycles. The van der Waals surface area contributed by atoms with E-state index in [1.54, 1.807) is 0 Å². The third-order valence-electron chi connectivity index (χ3n) is 1.16. The highest BCUT2D eigenvalue weighted by molar-refractivity contribution is 9.39. The lowest BCUT2D eigenvalue weighted by atomic mass is 9.98. The number of aliphatic hydroxyl groups is 1. The summed E-state index contributed by atoms with van der Waals surface area (Å²) in [4.78, 5) is 0. The molecule has 56 valence electrons. The Kier molecular flexibility index (Phi) is 3.70. The van der Waals surface area contributed by atoms with Crippen molar-refractivity contribution < 1.29 is 5.11 Å². The van der Waals surface area contributed by atoms with E-state index in [9.17, 15) is 0 Å². The fourth-order valence-corrected chi connectivity index (χ4v) is 0.466. The quantitative estimate of drug-likeness (QED) is 0.735. The van der Waals surface area contributed by atoms with Crippen LogP contribution in [-0.4, -0.2) is 13.9 Å². The van der Waals surface area contributed by atoms with Crippen molar-refractivity contribution in [3.8, 4) is 0 Å². The summed E-state index contributed by atoms with van der Waals surface area (Å²) in [5, 5.41) is 8.84. The molecule has 1 N–H and O–H groups in total. The SMILES string of the molecule is CC(C)(CO)C(Br)(Br)Br. The van der Waals surface area contributed by atoms with E-state index >= 15 is 0 Å². The molecule has 0 rings (SSSR count). The zero-order valence-electron chi connectivity index (χ0n) is 5.29. The molecule has 0 aromatic heterocycles. The van der Waals surface area contributed by atoms with Gasteiger partial charge in [0.05, 0.1) is 6.61 Å². The van der Waals surface area contributed by atoms with Crippen molar-refractivity contribution in [3.05, 3.63) is 0 Å². The minimum atomic E-state index is -0.366. The fraction of sp³-hybridized carbons (Fsp3) is 1.00. The van der Waals surface area contributed by atoms with Crippen LogP contribution in [-0.2, 0) is 0 Å². The maximum absolute atomic E-state index is 8.84. The van der Waals surface area contributed by atoms with Crippen LogP contribution in [0.4, 0.5) is 0 Å². The van der Waals surface area contributed by atoms with E-state index in [2.05, 4.69) is 47.8 Å². The lowest BCUT2D eigenvalue weighted by Crippen LogP contribution is -2.31. The van der Waals surface area contributed by atoms with E-state index in [4.69, 9.17) is 5.11 Å². The van der Waals surface area contributed by atoms with Crippen LogP contribution in [0, 0.1) is 5.41 Å². The summed E-state index contributed by atoms with van der Waals surface area (Å²) in [6, 6.07) is 0. The van der Waals surface area contributed by atoms with E-state index in [1.807, 2.05) is 13.8 Å². The number of hydrogen-bond donors (Lipinski definition) is 1. The summed E-state index contributed by atoms with van der Waals surface area (Å²) < 4.78 is -0.366. The zero-order valence-corrected chi connectivity index (χ0v) is 10.0. The number of hydrogen-bond acceptors (Lipinski definition) is 1. The molecule has 0 atom stereocenters. The Hall–Kier alpha value is 1.40. The molecule has 0 amide bonds. The summed E-state index contributed by atoms with van der Waals surface area (Å²) in [6.45, 7) is 3.99. The first-order valence-corrected chi connectivity index (χ1v) is 4.87. The first-order chi connectivity index (χ1) is 3.81. The Morgan fingerprint density at radius 1 is 1.22 bits per heavy atom.